The van der Waals surface area contributed by atoms with Crippen LogP contribution in [0.15, 0.2) is 18.2 Å². The molecule has 0 amide bonds. The maximum Gasteiger partial charge on any atom is 0.393 e. The summed E-state index contributed by atoms with van der Waals surface area (Å²) in [6.07, 6.45) is -3.63. The first-order valence-corrected chi connectivity index (χ1v) is 6.23. The van der Waals surface area contributed by atoms with Crippen LogP contribution in [0.5, 0.6) is 0 Å². The summed E-state index contributed by atoms with van der Waals surface area (Å²) in [5.41, 5.74) is 6.16. The molecule has 0 spiro atoms. The lowest BCUT2D eigenvalue weighted by Gasteiger charge is -2.35. The third-order valence-electron chi connectivity index (χ3n) is 3.52. The minimum absolute atomic E-state index is 0.0434. The van der Waals surface area contributed by atoms with E-state index in [0.717, 1.165) is 0 Å². The number of nitrogen functional groups attached to an aromatic ring is 1. The molecule has 0 aromatic heterocycles. The van der Waals surface area contributed by atoms with Crippen molar-refractivity contribution in [1.29, 1.82) is 0 Å². The van der Waals surface area contributed by atoms with Crippen LogP contribution in [0.1, 0.15) is 23.2 Å². The van der Waals surface area contributed by atoms with E-state index in [4.69, 9.17) is 10.8 Å². The molecule has 20 heavy (non-hydrogen) atoms. The highest BCUT2D eigenvalue weighted by Crippen LogP contribution is 2.35. The van der Waals surface area contributed by atoms with Crippen molar-refractivity contribution in [2.75, 3.05) is 23.7 Å². The van der Waals surface area contributed by atoms with Crippen LogP contribution in [0.3, 0.4) is 0 Å². The van der Waals surface area contributed by atoms with Gasteiger partial charge < -0.3 is 15.7 Å². The van der Waals surface area contributed by atoms with Gasteiger partial charge in [0.25, 0.3) is 0 Å². The quantitative estimate of drug-likeness (QED) is 0.821. The van der Waals surface area contributed by atoms with Crippen LogP contribution in [-0.4, -0.2) is 30.3 Å². The highest BCUT2D eigenvalue weighted by atomic mass is 19.4. The summed E-state index contributed by atoms with van der Waals surface area (Å²) in [6.45, 7) is 0.397. The van der Waals surface area contributed by atoms with Crippen LogP contribution in [0.25, 0.3) is 0 Å². The maximum atomic E-state index is 12.8. The lowest BCUT2D eigenvalue weighted by Crippen LogP contribution is -2.41. The largest absolute Gasteiger partial charge is 0.478 e. The van der Waals surface area contributed by atoms with Crippen molar-refractivity contribution in [2.45, 2.75) is 19.0 Å². The van der Waals surface area contributed by atoms with Gasteiger partial charge in [0.15, 0.2) is 0 Å². The van der Waals surface area contributed by atoms with Gasteiger partial charge in [-0.1, -0.05) is 0 Å². The fourth-order valence-corrected chi connectivity index (χ4v) is 2.42. The highest BCUT2D eigenvalue weighted by Gasteiger charge is 2.41. The van der Waals surface area contributed by atoms with Gasteiger partial charge in [0, 0.05) is 24.5 Å². The number of rotatable bonds is 2. The smallest absolute Gasteiger partial charge is 0.393 e. The van der Waals surface area contributed by atoms with Crippen LogP contribution in [0.4, 0.5) is 24.5 Å². The number of carboxylic acids is 1. The third kappa shape index (κ3) is 2.97. The number of anilines is 2. The zero-order valence-corrected chi connectivity index (χ0v) is 10.7. The number of halogens is 3. The highest BCUT2D eigenvalue weighted by molar-refractivity contribution is 5.94. The van der Waals surface area contributed by atoms with Crippen molar-refractivity contribution in [3.8, 4) is 0 Å². The molecule has 1 fully saturated rings. The molecule has 110 valence electrons. The summed E-state index contributed by atoms with van der Waals surface area (Å²) in [7, 11) is 0. The Kier molecular flexibility index (Phi) is 3.78. The Morgan fingerprint density at radius 1 is 1.40 bits per heavy atom. The lowest BCUT2D eigenvalue weighted by atomic mass is 9.97. The molecular weight excluding hydrogens is 273 g/mol. The topological polar surface area (TPSA) is 66.6 Å². The summed E-state index contributed by atoms with van der Waals surface area (Å²) in [4.78, 5) is 12.5. The Morgan fingerprint density at radius 3 is 2.65 bits per heavy atom. The minimum Gasteiger partial charge on any atom is -0.478 e. The summed E-state index contributed by atoms with van der Waals surface area (Å²) in [5.74, 6) is -2.50. The first kappa shape index (κ1) is 14.5. The number of aromatic carboxylic acids is 1. The summed E-state index contributed by atoms with van der Waals surface area (Å²) in [6, 6.07) is 4.24. The molecule has 0 radical (unpaired) electrons. The first-order valence-electron chi connectivity index (χ1n) is 6.23. The zero-order chi connectivity index (χ0) is 14.9. The monoisotopic (exact) mass is 288 g/mol. The molecule has 1 aromatic rings. The molecule has 2 rings (SSSR count). The van der Waals surface area contributed by atoms with Crippen molar-refractivity contribution in [3.05, 3.63) is 23.8 Å². The van der Waals surface area contributed by atoms with E-state index >= 15 is 0 Å². The van der Waals surface area contributed by atoms with Crippen molar-refractivity contribution >= 4 is 17.3 Å². The molecule has 1 atom stereocenters. The summed E-state index contributed by atoms with van der Waals surface area (Å²) in [5, 5.41) is 8.87. The second-order valence-corrected chi connectivity index (χ2v) is 4.90. The number of hydrogen-bond acceptors (Lipinski definition) is 3. The standard InChI is InChI=1S/C13H15F3N2O2/c14-13(15,16)8-2-1-5-18(7-8)9-3-4-10(12(19)20)11(17)6-9/h3-4,6,8H,1-2,5,7,17H2,(H,19,20). The number of benzene rings is 1. The predicted molar refractivity (Wildman–Crippen MR) is 68.8 cm³/mol. The number of piperidine rings is 1. The Bertz CT molecular complexity index is 517. The molecule has 1 aliphatic rings. The van der Waals surface area contributed by atoms with Crippen LogP contribution < -0.4 is 10.6 Å². The molecule has 1 unspecified atom stereocenters. The van der Waals surface area contributed by atoms with Crippen LogP contribution in [-0.2, 0) is 0 Å². The van der Waals surface area contributed by atoms with E-state index in [-0.39, 0.29) is 24.2 Å². The fourth-order valence-electron chi connectivity index (χ4n) is 2.42. The second-order valence-electron chi connectivity index (χ2n) is 4.90. The number of hydrogen-bond donors (Lipinski definition) is 2. The van der Waals surface area contributed by atoms with Gasteiger partial charge in [-0.15, -0.1) is 0 Å². The average molecular weight is 288 g/mol. The van der Waals surface area contributed by atoms with E-state index in [1.807, 2.05) is 0 Å². The fraction of sp³-hybridized carbons (Fsp3) is 0.462. The number of nitrogens with zero attached hydrogens (tertiary/aromatic N) is 1. The van der Waals surface area contributed by atoms with Crippen LogP contribution in [0, 0.1) is 5.92 Å². The number of carboxylic acid groups (broad SMARTS) is 1. The Balaban J connectivity index is 2.19. The van der Waals surface area contributed by atoms with E-state index in [0.29, 0.717) is 18.7 Å². The van der Waals surface area contributed by atoms with Crippen molar-refractivity contribution in [2.24, 2.45) is 5.92 Å². The molecule has 0 aliphatic carbocycles. The van der Waals surface area contributed by atoms with E-state index in [1.165, 1.54) is 18.2 Å². The summed E-state index contributed by atoms with van der Waals surface area (Å²) >= 11 is 0. The normalized spacial score (nSPS) is 19.9. The Labute approximate surface area is 114 Å². The molecule has 0 bridgehead atoms. The molecule has 4 nitrogen and oxygen atoms in total. The SMILES string of the molecule is Nc1cc(N2CCCC(C(F)(F)F)C2)ccc1C(=O)O. The van der Waals surface area contributed by atoms with E-state index in [1.54, 1.807) is 4.90 Å². The van der Waals surface area contributed by atoms with Gasteiger partial charge in [0.1, 0.15) is 0 Å². The molecule has 0 saturated carbocycles. The van der Waals surface area contributed by atoms with Gasteiger partial charge in [-0.3, -0.25) is 0 Å². The molecule has 7 heteroatoms. The van der Waals surface area contributed by atoms with Crippen molar-refractivity contribution in [3.63, 3.8) is 0 Å². The maximum absolute atomic E-state index is 12.8. The Hall–Kier alpha value is -1.92. The second kappa shape index (κ2) is 5.22. The van der Waals surface area contributed by atoms with Gasteiger partial charge in [-0.2, -0.15) is 13.2 Å². The number of nitrogens with two attached hydrogens (primary N) is 1. The van der Waals surface area contributed by atoms with Gasteiger partial charge in [0.2, 0.25) is 0 Å². The first-order chi connectivity index (χ1) is 9.29. The number of alkyl halides is 3. The van der Waals surface area contributed by atoms with Gasteiger partial charge in [-0.25, -0.2) is 4.79 Å². The van der Waals surface area contributed by atoms with E-state index in [2.05, 4.69) is 0 Å². The molecular formula is C13H15F3N2O2. The van der Waals surface area contributed by atoms with Gasteiger partial charge in [0.05, 0.1) is 11.5 Å². The molecule has 1 heterocycles. The molecule has 1 aliphatic heterocycles. The predicted octanol–water partition coefficient (Wildman–Crippen LogP) is 2.75. The summed E-state index contributed by atoms with van der Waals surface area (Å²) < 4.78 is 38.3. The van der Waals surface area contributed by atoms with Crippen LogP contribution in [0.2, 0.25) is 0 Å². The van der Waals surface area contributed by atoms with Crippen LogP contribution >= 0.6 is 0 Å². The average Bonchev–Trinajstić information content (AvgIpc) is 2.37. The van der Waals surface area contributed by atoms with E-state index < -0.39 is 18.1 Å². The van der Waals surface area contributed by atoms with E-state index in [9.17, 15) is 18.0 Å². The third-order valence-corrected chi connectivity index (χ3v) is 3.52. The van der Waals surface area contributed by atoms with Gasteiger partial charge >= 0.3 is 12.1 Å². The molecule has 1 saturated heterocycles. The lowest BCUT2D eigenvalue weighted by molar-refractivity contribution is -0.175. The minimum atomic E-state index is -4.20. The molecule has 1 aromatic carbocycles. The number of carbonyl (C=O) groups is 1. The zero-order valence-electron chi connectivity index (χ0n) is 10.7. The van der Waals surface area contributed by atoms with Gasteiger partial charge in [-0.05, 0) is 31.0 Å². The van der Waals surface area contributed by atoms with Crippen molar-refractivity contribution in [1.82, 2.24) is 0 Å². The Morgan fingerprint density at radius 2 is 2.10 bits per heavy atom. The molecule has 3 N–H and O–H groups in total. The van der Waals surface area contributed by atoms with Crippen molar-refractivity contribution < 1.29 is 23.1 Å².